The van der Waals surface area contributed by atoms with E-state index in [1.54, 1.807) is 12.1 Å². The average molecular weight is 409 g/mol. The summed E-state index contributed by atoms with van der Waals surface area (Å²) >= 11 is 0. The van der Waals surface area contributed by atoms with E-state index in [-0.39, 0.29) is 5.91 Å². The molecule has 0 saturated carbocycles. The van der Waals surface area contributed by atoms with E-state index in [0.717, 1.165) is 22.6 Å². The van der Waals surface area contributed by atoms with Crippen LogP contribution in [0, 0.1) is 0 Å². The van der Waals surface area contributed by atoms with Crippen LogP contribution in [0.1, 0.15) is 21.5 Å². The molecule has 0 aliphatic carbocycles. The van der Waals surface area contributed by atoms with E-state index >= 15 is 0 Å². The lowest BCUT2D eigenvalue weighted by Crippen LogP contribution is -2.11. The Labute approximate surface area is 182 Å². The Morgan fingerprint density at radius 3 is 1.94 bits per heavy atom. The Bertz CT molecular complexity index is 1130. The van der Waals surface area contributed by atoms with Crippen LogP contribution in [-0.4, -0.2) is 5.91 Å². The molecule has 0 fully saturated rings. The quantitative estimate of drug-likeness (QED) is 0.383. The van der Waals surface area contributed by atoms with Crippen LogP contribution in [0.4, 0.5) is 5.69 Å². The summed E-state index contributed by atoms with van der Waals surface area (Å²) < 4.78 is 11.8. The van der Waals surface area contributed by atoms with Gasteiger partial charge in [0, 0.05) is 11.3 Å². The van der Waals surface area contributed by atoms with Crippen LogP contribution in [0.5, 0.6) is 11.5 Å². The third-order valence-electron chi connectivity index (χ3n) is 4.68. The summed E-state index contributed by atoms with van der Waals surface area (Å²) in [5.74, 6) is 1.25. The van der Waals surface area contributed by atoms with Crippen LogP contribution >= 0.6 is 0 Å². The molecule has 0 heterocycles. The monoisotopic (exact) mass is 409 g/mol. The lowest BCUT2D eigenvalue weighted by Gasteiger charge is -2.11. The molecule has 154 valence electrons. The van der Waals surface area contributed by atoms with E-state index in [2.05, 4.69) is 5.32 Å². The highest BCUT2D eigenvalue weighted by Gasteiger charge is 2.08. The Hall–Kier alpha value is -4.05. The molecule has 4 aromatic carbocycles. The molecule has 31 heavy (non-hydrogen) atoms. The van der Waals surface area contributed by atoms with Crippen molar-refractivity contribution >= 4 is 11.6 Å². The summed E-state index contributed by atoms with van der Waals surface area (Å²) in [6, 6.07) is 34.4. The van der Waals surface area contributed by atoms with Gasteiger partial charge in [0.25, 0.3) is 5.91 Å². The maximum absolute atomic E-state index is 12.5. The number of rotatable bonds is 8. The number of amides is 1. The smallest absolute Gasteiger partial charge is 0.255 e. The van der Waals surface area contributed by atoms with E-state index in [4.69, 9.17) is 9.47 Å². The highest BCUT2D eigenvalue weighted by Crippen LogP contribution is 2.19. The van der Waals surface area contributed by atoms with Gasteiger partial charge in [-0.15, -0.1) is 0 Å². The van der Waals surface area contributed by atoms with Gasteiger partial charge in [-0.2, -0.15) is 0 Å². The van der Waals surface area contributed by atoms with Gasteiger partial charge < -0.3 is 14.8 Å². The molecule has 0 spiro atoms. The second-order valence-corrected chi connectivity index (χ2v) is 7.06. The van der Waals surface area contributed by atoms with Gasteiger partial charge in [0.15, 0.2) is 0 Å². The third kappa shape index (κ3) is 5.97. The van der Waals surface area contributed by atoms with Crippen molar-refractivity contribution in [3.63, 3.8) is 0 Å². The first-order valence-corrected chi connectivity index (χ1v) is 10.1. The summed E-state index contributed by atoms with van der Waals surface area (Å²) in [6.45, 7) is 0.899. The summed E-state index contributed by atoms with van der Waals surface area (Å²) in [4.78, 5) is 12.5. The van der Waals surface area contributed by atoms with E-state index in [9.17, 15) is 4.79 Å². The SMILES string of the molecule is O=C(Nc1ccccc1)c1cccc(OCc2cccc(OCc3ccccc3)c2)c1. The van der Waals surface area contributed by atoms with Gasteiger partial charge in [-0.1, -0.05) is 66.7 Å². The van der Waals surface area contributed by atoms with Crippen LogP contribution in [0.3, 0.4) is 0 Å². The van der Waals surface area contributed by atoms with Gasteiger partial charge in [0.1, 0.15) is 24.7 Å². The molecule has 1 amide bonds. The molecule has 0 saturated heterocycles. The number of ether oxygens (including phenoxy) is 2. The zero-order valence-electron chi connectivity index (χ0n) is 17.0. The van der Waals surface area contributed by atoms with Crippen LogP contribution in [0.2, 0.25) is 0 Å². The Balaban J connectivity index is 1.35. The van der Waals surface area contributed by atoms with Crippen molar-refractivity contribution in [2.45, 2.75) is 13.2 Å². The Morgan fingerprint density at radius 2 is 1.19 bits per heavy atom. The van der Waals surface area contributed by atoms with Gasteiger partial charge in [-0.3, -0.25) is 4.79 Å². The van der Waals surface area contributed by atoms with Crippen molar-refractivity contribution in [2.75, 3.05) is 5.32 Å². The second kappa shape index (κ2) is 10.1. The van der Waals surface area contributed by atoms with E-state index in [1.807, 2.05) is 97.1 Å². The summed E-state index contributed by atoms with van der Waals surface area (Å²) in [5.41, 5.74) is 3.41. The lowest BCUT2D eigenvalue weighted by molar-refractivity contribution is 0.102. The fourth-order valence-corrected chi connectivity index (χ4v) is 3.08. The van der Waals surface area contributed by atoms with Gasteiger partial charge in [-0.05, 0) is 53.6 Å². The topological polar surface area (TPSA) is 47.6 Å². The van der Waals surface area contributed by atoms with Crippen LogP contribution in [0.15, 0.2) is 109 Å². The van der Waals surface area contributed by atoms with Crippen molar-refractivity contribution < 1.29 is 14.3 Å². The van der Waals surface area contributed by atoms with Crippen molar-refractivity contribution in [2.24, 2.45) is 0 Å². The number of anilines is 1. The summed E-state index contributed by atoms with van der Waals surface area (Å²) in [5, 5.41) is 2.88. The highest BCUT2D eigenvalue weighted by molar-refractivity contribution is 6.04. The number of benzene rings is 4. The number of nitrogens with one attached hydrogen (secondary N) is 1. The molecule has 0 aliphatic rings. The van der Waals surface area contributed by atoms with E-state index < -0.39 is 0 Å². The number of para-hydroxylation sites is 1. The summed E-state index contributed by atoms with van der Waals surface area (Å²) in [6.07, 6.45) is 0. The largest absolute Gasteiger partial charge is 0.489 e. The van der Waals surface area contributed by atoms with Crippen molar-refractivity contribution in [1.82, 2.24) is 0 Å². The Kier molecular flexibility index (Phi) is 6.61. The molecule has 4 heteroatoms. The van der Waals surface area contributed by atoms with Gasteiger partial charge >= 0.3 is 0 Å². The molecule has 1 N–H and O–H groups in total. The zero-order valence-corrected chi connectivity index (χ0v) is 17.0. The van der Waals surface area contributed by atoms with E-state index in [0.29, 0.717) is 24.5 Å². The number of hydrogen-bond donors (Lipinski definition) is 1. The predicted molar refractivity (Wildman–Crippen MR) is 122 cm³/mol. The molecule has 0 atom stereocenters. The molecule has 4 nitrogen and oxygen atoms in total. The minimum absolute atomic E-state index is 0.173. The minimum Gasteiger partial charge on any atom is -0.489 e. The van der Waals surface area contributed by atoms with Crippen LogP contribution in [0.25, 0.3) is 0 Å². The molecule has 0 unspecified atom stereocenters. The standard InChI is InChI=1S/C27H23NO3/c29-27(28-24-13-5-2-6-14-24)23-12-8-16-26(18-23)31-20-22-11-7-15-25(17-22)30-19-21-9-3-1-4-10-21/h1-18H,19-20H2,(H,28,29). The second-order valence-electron chi connectivity index (χ2n) is 7.06. The van der Waals surface area contributed by atoms with Crippen molar-refractivity contribution in [3.05, 3.63) is 126 Å². The summed E-state index contributed by atoms with van der Waals surface area (Å²) in [7, 11) is 0. The molecular formula is C27H23NO3. The maximum atomic E-state index is 12.5. The molecule has 0 aliphatic heterocycles. The first-order valence-electron chi connectivity index (χ1n) is 10.1. The van der Waals surface area contributed by atoms with Crippen LogP contribution < -0.4 is 14.8 Å². The number of carbonyl (C=O) groups is 1. The molecule has 0 bridgehead atoms. The normalized spacial score (nSPS) is 10.3. The average Bonchev–Trinajstić information content (AvgIpc) is 2.83. The van der Waals surface area contributed by atoms with Crippen LogP contribution in [-0.2, 0) is 13.2 Å². The fourth-order valence-electron chi connectivity index (χ4n) is 3.08. The molecule has 0 radical (unpaired) electrons. The Morgan fingerprint density at radius 1 is 0.613 bits per heavy atom. The molecule has 0 aromatic heterocycles. The molecule has 4 aromatic rings. The first kappa shape index (κ1) is 20.2. The fraction of sp³-hybridized carbons (Fsp3) is 0.0741. The molecule has 4 rings (SSSR count). The minimum atomic E-state index is -0.173. The van der Waals surface area contributed by atoms with Gasteiger partial charge in [-0.25, -0.2) is 0 Å². The van der Waals surface area contributed by atoms with Gasteiger partial charge in [0.2, 0.25) is 0 Å². The lowest BCUT2D eigenvalue weighted by atomic mass is 10.2. The number of hydrogen-bond acceptors (Lipinski definition) is 3. The predicted octanol–water partition coefficient (Wildman–Crippen LogP) is 6.10. The zero-order chi connectivity index (χ0) is 21.3. The van der Waals surface area contributed by atoms with Gasteiger partial charge in [0.05, 0.1) is 0 Å². The van der Waals surface area contributed by atoms with Crippen molar-refractivity contribution in [1.29, 1.82) is 0 Å². The highest BCUT2D eigenvalue weighted by atomic mass is 16.5. The maximum Gasteiger partial charge on any atom is 0.255 e. The number of carbonyl (C=O) groups excluding carboxylic acids is 1. The third-order valence-corrected chi connectivity index (χ3v) is 4.68. The van der Waals surface area contributed by atoms with Crippen molar-refractivity contribution in [3.8, 4) is 11.5 Å². The molecular weight excluding hydrogens is 386 g/mol. The van der Waals surface area contributed by atoms with E-state index in [1.165, 1.54) is 0 Å². The first-order chi connectivity index (χ1) is 15.3.